The molecule has 0 aliphatic rings. The third kappa shape index (κ3) is 4.80. The van der Waals surface area contributed by atoms with Crippen LogP contribution in [-0.2, 0) is 11.3 Å². The van der Waals surface area contributed by atoms with Crippen LogP contribution in [0.15, 0.2) is 42.5 Å². The van der Waals surface area contributed by atoms with Crippen molar-refractivity contribution < 1.29 is 13.9 Å². The van der Waals surface area contributed by atoms with E-state index in [0.717, 1.165) is 16.8 Å². The van der Waals surface area contributed by atoms with Gasteiger partial charge in [-0.05, 0) is 48.4 Å². The van der Waals surface area contributed by atoms with Crippen LogP contribution < -0.4 is 15.8 Å². The van der Waals surface area contributed by atoms with Crippen LogP contribution in [0.3, 0.4) is 0 Å². The van der Waals surface area contributed by atoms with Gasteiger partial charge in [-0.1, -0.05) is 12.1 Å². The number of benzene rings is 2. The molecule has 3 N–H and O–H groups in total. The summed E-state index contributed by atoms with van der Waals surface area (Å²) in [4.78, 5) is 10.6. The Hall–Kier alpha value is -2.56. The highest BCUT2D eigenvalue weighted by molar-refractivity contribution is 5.75. The van der Waals surface area contributed by atoms with E-state index >= 15 is 0 Å². The van der Waals surface area contributed by atoms with Crippen LogP contribution in [0.5, 0.6) is 5.75 Å². The highest BCUT2D eigenvalue weighted by atomic mass is 19.1. The lowest BCUT2D eigenvalue weighted by Crippen LogP contribution is -2.19. The molecule has 0 aliphatic carbocycles. The zero-order valence-electron chi connectivity index (χ0n) is 11.7. The minimum absolute atomic E-state index is 0.139. The summed E-state index contributed by atoms with van der Waals surface area (Å²) in [6, 6.07) is 12.1. The molecule has 0 radical (unpaired) electrons. The third-order valence-electron chi connectivity index (χ3n) is 2.84. The SMILES string of the molecule is Cc1cc(F)cc(NCc2ccc(OCC(N)=O)cc2)c1. The summed E-state index contributed by atoms with van der Waals surface area (Å²) < 4.78 is 18.4. The first-order valence-electron chi connectivity index (χ1n) is 6.54. The highest BCUT2D eigenvalue weighted by Gasteiger charge is 2.00. The van der Waals surface area contributed by atoms with Crippen LogP contribution in [0.2, 0.25) is 0 Å². The third-order valence-corrected chi connectivity index (χ3v) is 2.84. The fourth-order valence-electron chi connectivity index (χ4n) is 1.90. The number of anilines is 1. The number of hydrogen-bond donors (Lipinski definition) is 2. The Kier molecular flexibility index (Phi) is 4.77. The Morgan fingerprint density at radius 3 is 2.57 bits per heavy atom. The number of nitrogens with two attached hydrogens (primary N) is 1. The number of nitrogens with one attached hydrogen (secondary N) is 1. The number of primary amides is 1. The van der Waals surface area contributed by atoms with Gasteiger partial charge in [0.25, 0.3) is 5.91 Å². The molecule has 0 heterocycles. The van der Waals surface area contributed by atoms with E-state index in [0.29, 0.717) is 12.3 Å². The van der Waals surface area contributed by atoms with Gasteiger partial charge in [-0.3, -0.25) is 4.79 Å². The fraction of sp³-hybridized carbons (Fsp3) is 0.188. The molecule has 0 aliphatic heterocycles. The molecule has 2 aromatic rings. The molecule has 0 spiro atoms. The van der Waals surface area contributed by atoms with E-state index in [1.165, 1.54) is 12.1 Å². The maximum Gasteiger partial charge on any atom is 0.255 e. The van der Waals surface area contributed by atoms with Crippen molar-refractivity contribution in [2.45, 2.75) is 13.5 Å². The summed E-state index contributed by atoms with van der Waals surface area (Å²) in [7, 11) is 0. The first-order valence-corrected chi connectivity index (χ1v) is 6.54. The van der Waals surface area contributed by atoms with Crippen molar-refractivity contribution in [3.8, 4) is 5.75 Å². The summed E-state index contributed by atoms with van der Waals surface area (Å²) in [5.74, 6) is -0.186. The van der Waals surface area contributed by atoms with Crippen LogP contribution in [0.25, 0.3) is 0 Å². The number of carbonyl (C=O) groups is 1. The summed E-state index contributed by atoms with van der Waals surface area (Å²) in [5, 5.41) is 3.16. The Morgan fingerprint density at radius 1 is 1.24 bits per heavy atom. The number of carbonyl (C=O) groups excluding carboxylic acids is 1. The molecule has 0 atom stereocenters. The van der Waals surface area contributed by atoms with Crippen LogP contribution in [0.4, 0.5) is 10.1 Å². The standard InChI is InChI=1S/C16H17FN2O2/c1-11-6-13(17)8-14(7-11)19-9-12-2-4-15(5-3-12)21-10-16(18)20/h2-8,19H,9-10H2,1H3,(H2,18,20). The molecular weight excluding hydrogens is 271 g/mol. The van der Waals surface area contributed by atoms with E-state index < -0.39 is 5.91 Å². The van der Waals surface area contributed by atoms with Gasteiger partial charge >= 0.3 is 0 Å². The van der Waals surface area contributed by atoms with Crippen LogP contribution >= 0.6 is 0 Å². The predicted molar refractivity (Wildman–Crippen MR) is 79.6 cm³/mol. The average molecular weight is 288 g/mol. The molecule has 2 aromatic carbocycles. The van der Waals surface area contributed by atoms with Gasteiger partial charge in [0.2, 0.25) is 0 Å². The molecule has 0 saturated carbocycles. The Morgan fingerprint density at radius 2 is 1.95 bits per heavy atom. The molecule has 0 aromatic heterocycles. The van der Waals surface area contributed by atoms with Crippen molar-refractivity contribution in [1.82, 2.24) is 0 Å². The second-order valence-electron chi connectivity index (χ2n) is 4.77. The summed E-state index contributed by atoms with van der Waals surface area (Å²) >= 11 is 0. The molecule has 0 bridgehead atoms. The summed E-state index contributed by atoms with van der Waals surface area (Å²) in [6.45, 7) is 2.28. The smallest absolute Gasteiger partial charge is 0.255 e. The maximum absolute atomic E-state index is 13.3. The molecule has 5 heteroatoms. The van der Waals surface area contributed by atoms with Crippen LogP contribution in [-0.4, -0.2) is 12.5 Å². The number of aryl methyl sites for hydroxylation is 1. The van der Waals surface area contributed by atoms with Crippen molar-refractivity contribution in [3.05, 3.63) is 59.4 Å². The normalized spacial score (nSPS) is 10.2. The summed E-state index contributed by atoms with van der Waals surface area (Å²) in [6.07, 6.45) is 0. The van der Waals surface area contributed by atoms with Crippen molar-refractivity contribution >= 4 is 11.6 Å². The Balaban J connectivity index is 1.92. The molecule has 1 amide bonds. The minimum atomic E-state index is -0.512. The van der Waals surface area contributed by atoms with Crippen molar-refractivity contribution in [1.29, 1.82) is 0 Å². The van der Waals surface area contributed by atoms with Crippen LogP contribution in [0.1, 0.15) is 11.1 Å². The first-order chi connectivity index (χ1) is 10.0. The first kappa shape index (κ1) is 14.8. The second-order valence-corrected chi connectivity index (χ2v) is 4.77. The second kappa shape index (κ2) is 6.74. The van der Waals surface area contributed by atoms with Crippen molar-refractivity contribution in [2.24, 2.45) is 5.73 Å². The van der Waals surface area contributed by atoms with Gasteiger partial charge in [0.1, 0.15) is 11.6 Å². The Bertz CT molecular complexity index is 606. The topological polar surface area (TPSA) is 64.3 Å². The van der Waals surface area contributed by atoms with Crippen molar-refractivity contribution in [3.63, 3.8) is 0 Å². The van der Waals surface area contributed by atoms with Gasteiger partial charge in [-0.15, -0.1) is 0 Å². The average Bonchev–Trinajstić information content (AvgIpc) is 2.43. The van der Waals surface area contributed by atoms with E-state index in [-0.39, 0.29) is 12.4 Å². The van der Waals surface area contributed by atoms with E-state index in [9.17, 15) is 9.18 Å². The van der Waals surface area contributed by atoms with E-state index in [1.54, 1.807) is 12.1 Å². The van der Waals surface area contributed by atoms with Gasteiger partial charge < -0.3 is 15.8 Å². The molecule has 0 unspecified atom stereocenters. The zero-order chi connectivity index (χ0) is 15.2. The molecule has 21 heavy (non-hydrogen) atoms. The van der Waals surface area contributed by atoms with E-state index in [2.05, 4.69) is 5.32 Å². The lowest BCUT2D eigenvalue weighted by Gasteiger charge is -2.09. The predicted octanol–water partition coefficient (Wildman–Crippen LogP) is 2.61. The number of hydrogen-bond acceptors (Lipinski definition) is 3. The number of ether oxygens (including phenoxy) is 1. The Labute approximate surface area is 122 Å². The zero-order valence-corrected chi connectivity index (χ0v) is 11.7. The largest absolute Gasteiger partial charge is 0.484 e. The van der Waals surface area contributed by atoms with Gasteiger partial charge in [0, 0.05) is 12.2 Å². The maximum atomic E-state index is 13.3. The summed E-state index contributed by atoms with van der Waals surface area (Å²) in [5.41, 5.74) is 7.62. The van der Waals surface area contributed by atoms with E-state index in [4.69, 9.17) is 10.5 Å². The quantitative estimate of drug-likeness (QED) is 0.858. The van der Waals surface area contributed by atoms with Crippen molar-refractivity contribution in [2.75, 3.05) is 11.9 Å². The van der Waals surface area contributed by atoms with E-state index in [1.807, 2.05) is 25.1 Å². The van der Waals surface area contributed by atoms with Gasteiger partial charge in [-0.25, -0.2) is 4.39 Å². The molecular formula is C16H17FN2O2. The lowest BCUT2D eigenvalue weighted by atomic mass is 10.2. The number of halogens is 1. The highest BCUT2D eigenvalue weighted by Crippen LogP contribution is 2.16. The lowest BCUT2D eigenvalue weighted by molar-refractivity contribution is -0.119. The molecule has 0 saturated heterocycles. The van der Waals surface area contributed by atoms with Gasteiger partial charge in [0.05, 0.1) is 0 Å². The van der Waals surface area contributed by atoms with Gasteiger partial charge in [0.15, 0.2) is 6.61 Å². The fourth-order valence-corrected chi connectivity index (χ4v) is 1.90. The van der Waals surface area contributed by atoms with Crippen LogP contribution in [0, 0.1) is 12.7 Å². The minimum Gasteiger partial charge on any atom is -0.484 e. The van der Waals surface area contributed by atoms with Gasteiger partial charge in [-0.2, -0.15) is 0 Å². The molecule has 2 rings (SSSR count). The molecule has 110 valence electrons. The molecule has 0 fully saturated rings. The molecule has 4 nitrogen and oxygen atoms in total. The number of rotatable bonds is 6. The number of amides is 1. The monoisotopic (exact) mass is 288 g/mol.